The molecule has 0 atom stereocenters. The highest BCUT2D eigenvalue weighted by Gasteiger charge is 2.17. The molecule has 25 heavy (non-hydrogen) atoms. The molecular weight excluding hydrogens is 364 g/mol. The van der Waals surface area contributed by atoms with Crippen molar-refractivity contribution in [3.05, 3.63) is 39.0 Å². The molecule has 136 valence electrons. The van der Waals surface area contributed by atoms with Crippen LogP contribution in [0.4, 0.5) is 4.79 Å². The number of methoxy groups -OCH3 is 3. The van der Waals surface area contributed by atoms with Gasteiger partial charge >= 0.3 is 6.03 Å². The molecule has 0 radical (unpaired) electrons. The average molecular weight is 385 g/mol. The van der Waals surface area contributed by atoms with E-state index >= 15 is 0 Å². The molecule has 0 saturated heterocycles. The quantitative estimate of drug-likeness (QED) is 0.789. The molecule has 0 bridgehead atoms. The van der Waals surface area contributed by atoms with Gasteiger partial charge in [0.1, 0.15) is 0 Å². The van der Waals surface area contributed by atoms with E-state index in [2.05, 4.69) is 5.32 Å². The lowest BCUT2D eigenvalue weighted by molar-refractivity contribution is 0.206. The number of nitrogens with one attached hydrogen (secondary N) is 1. The SMILES string of the molecule is COc1ccc(CNC(=O)N(C)Cc2ccc(Cl)s2)c(OC)c1OC. The second-order valence-corrected chi connectivity index (χ2v) is 7.01. The third-order valence-corrected chi connectivity index (χ3v) is 4.80. The summed E-state index contributed by atoms with van der Waals surface area (Å²) in [5, 5.41) is 2.87. The van der Waals surface area contributed by atoms with Crippen LogP contribution in [0.2, 0.25) is 4.34 Å². The lowest BCUT2D eigenvalue weighted by Crippen LogP contribution is -2.36. The van der Waals surface area contributed by atoms with E-state index in [9.17, 15) is 4.79 Å². The zero-order valence-corrected chi connectivity index (χ0v) is 16.2. The van der Waals surface area contributed by atoms with Gasteiger partial charge in [-0.1, -0.05) is 11.6 Å². The highest BCUT2D eigenvalue weighted by molar-refractivity contribution is 7.16. The number of thiophene rings is 1. The number of rotatable bonds is 7. The number of halogens is 1. The summed E-state index contributed by atoms with van der Waals surface area (Å²) < 4.78 is 16.7. The fourth-order valence-corrected chi connectivity index (χ4v) is 3.49. The molecule has 1 aromatic carbocycles. The van der Waals surface area contributed by atoms with Crippen LogP contribution in [0.5, 0.6) is 17.2 Å². The maximum Gasteiger partial charge on any atom is 0.317 e. The smallest absolute Gasteiger partial charge is 0.317 e. The summed E-state index contributed by atoms with van der Waals surface area (Å²) in [6, 6.07) is 7.15. The number of amides is 2. The Balaban J connectivity index is 2.03. The molecule has 0 spiro atoms. The monoisotopic (exact) mass is 384 g/mol. The first-order chi connectivity index (χ1) is 12.0. The third-order valence-electron chi connectivity index (χ3n) is 3.58. The molecule has 1 heterocycles. The van der Waals surface area contributed by atoms with Crippen molar-refractivity contribution in [1.29, 1.82) is 0 Å². The largest absolute Gasteiger partial charge is 0.493 e. The van der Waals surface area contributed by atoms with Gasteiger partial charge in [0.2, 0.25) is 5.75 Å². The van der Waals surface area contributed by atoms with E-state index < -0.39 is 0 Å². The zero-order chi connectivity index (χ0) is 18.4. The second kappa shape index (κ2) is 8.82. The number of carbonyl (C=O) groups is 1. The van der Waals surface area contributed by atoms with Crippen molar-refractivity contribution in [3.8, 4) is 17.2 Å². The lowest BCUT2D eigenvalue weighted by Gasteiger charge is -2.19. The molecule has 6 nitrogen and oxygen atoms in total. The maximum absolute atomic E-state index is 12.3. The Morgan fingerprint density at radius 3 is 2.40 bits per heavy atom. The zero-order valence-electron chi connectivity index (χ0n) is 14.6. The Kier molecular flexibility index (Phi) is 6.78. The summed E-state index contributed by atoms with van der Waals surface area (Å²) in [5.41, 5.74) is 0.793. The molecule has 0 aliphatic carbocycles. The summed E-state index contributed by atoms with van der Waals surface area (Å²) in [7, 11) is 6.39. The topological polar surface area (TPSA) is 60.0 Å². The predicted molar refractivity (Wildman–Crippen MR) is 99.1 cm³/mol. The summed E-state index contributed by atoms with van der Waals surface area (Å²) in [6.45, 7) is 0.796. The second-order valence-electron chi connectivity index (χ2n) is 5.21. The van der Waals surface area contributed by atoms with Crippen molar-refractivity contribution in [2.24, 2.45) is 0 Å². The minimum atomic E-state index is -0.193. The summed E-state index contributed by atoms with van der Waals surface area (Å²) in [6.07, 6.45) is 0. The summed E-state index contributed by atoms with van der Waals surface area (Å²) in [4.78, 5) is 14.9. The van der Waals surface area contributed by atoms with Crippen molar-refractivity contribution in [2.75, 3.05) is 28.4 Å². The standard InChI is InChI=1S/C17H21ClN2O4S/c1-20(10-12-6-8-14(18)25-12)17(21)19-9-11-5-7-13(22-2)16(24-4)15(11)23-3/h5-8H,9-10H2,1-4H3,(H,19,21). The van der Waals surface area contributed by atoms with Gasteiger partial charge in [0.15, 0.2) is 11.5 Å². The minimum absolute atomic E-state index is 0.193. The van der Waals surface area contributed by atoms with E-state index in [-0.39, 0.29) is 6.03 Å². The van der Waals surface area contributed by atoms with Crippen LogP contribution in [0, 0.1) is 0 Å². The van der Waals surface area contributed by atoms with Crippen LogP contribution >= 0.6 is 22.9 Å². The Hall–Kier alpha value is -2.12. The van der Waals surface area contributed by atoms with E-state index in [1.807, 2.05) is 18.2 Å². The van der Waals surface area contributed by atoms with E-state index in [1.165, 1.54) is 11.3 Å². The average Bonchev–Trinajstić information content (AvgIpc) is 3.03. The predicted octanol–water partition coefficient (Wildman–Crippen LogP) is 3.77. The fourth-order valence-electron chi connectivity index (χ4n) is 2.35. The van der Waals surface area contributed by atoms with E-state index in [0.29, 0.717) is 34.7 Å². The third kappa shape index (κ3) is 4.70. The van der Waals surface area contributed by atoms with Crippen molar-refractivity contribution in [1.82, 2.24) is 10.2 Å². The summed E-state index contributed by atoms with van der Waals surface area (Å²) in [5.74, 6) is 1.61. The number of nitrogens with zero attached hydrogens (tertiary/aromatic N) is 1. The van der Waals surface area contributed by atoms with Crippen LogP contribution < -0.4 is 19.5 Å². The van der Waals surface area contributed by atoms with Gasteiger partial charge in [0, 0.05) is 24.0 Å². The maximum atomic E-state index is 12.3. The van der Waals surface area contributed by atoms with Crippen LogP contribution in [0.15, 0.2) is 24.3 Å². The van der Waals surface area contributed by atoms with Gasteiger partial charge in [-0.2, -0.15) is 0 Å². The first-order valence-corrected chi connectivity index (χ1v) is 8.70. The molecular formula is C17H21ClN2O4S. The lowest BCUT2D eigenvalue weighted by atomic mass is 10.1. The van der Waals surface area contributed by atoms with Gasteiger partial charge in [-0.05, 0) is 24.3 Å². The van der Waals surface area contributed by atoms with E-state index in [1.54, 1.807) is 39.3 Å². The number of carbonyl (C=O) groups excluding carboxylic acids is 1. The van der Waals surface area contributed by atoms with Gasteiger partial charge in [-0.25, -0.2) is 4.79 Å². The van der Waals surface area contributed by atoms with Crippen molar-refractivity contribution in [2.45, 2.75) is 13.1 Å². The summed E-state index contributed by atoms with van der Waals surface area (Å²) >= 11 is 7.37. The Morgan fingerprint density at radius 2 is 1.84 bits per heavy atom. The van der Waals surface area contributed by atoms with E-state index in [0.717, 1.165) is 10.4 Å². The number of ether oxygens (including phenoxy) is 3. The molecule has 0 aliphatic rings. The molecule has 8 heteroatoms. The van der Waals surface area contributed by atoms with Crippen molar-refractivity contribution < 1.29 is 19.0 Å². The van der Waals surface area contributed by atoms with Crippen LogP contribution in [-0.2, 0) is 13.1 Å². The molecule has 0 aliphatic heterocycles. The van der Waals surface area contributed by atoms with Gasteiger partial charge in [-0.15, -0.1) is 11.3 Å². The Morgan fingerprint density at radius 1 is 1.12 bits per heavy atom. The Labute approximate surface area is 156 Å². The molecule has 2 amide bonds. The minimum Gasteiger partial charge on any atom is -0.493 e. The van der Waals surface area contributed by atoms with Gasteiger partial charge in [0.05, 0.1) is 32.2 Å². The molecule has 0 fully saturated rings. The Bertz CT molecular complexity index is 735. The van der Waals surface area contributed by atoms with Crippen LogP contribution in [-0.4, -0.2) is 39.3 Å². The molecule has 2 rings (SSSR count). The molecule has 1 N–H and O–H groups in total. The van der Waals surface area contributed by atoms with E-state index in [4.69, 9.17) is 25.8 Å². The van der Waals surface area contributed by atoms with Crippen LogP contribution in [0.25, 0.3) is 0 Å². The fraction of sp³-hybridized carbons (Fsp3) is 0.353. The number of hydrogen-bond donors (Lipinski definition) is 1. The van der Waals surface area contributed by atoms with Gasteiger partial charge < -0.3 is 24.4 Å². The highest BCUT2D eigenvalue weighted by atomic mass is 35.5. The van der Waals surface area contributed by atoms with Crippen LogP contribution in [0.3, 0.4) is 0 Å². The first kappa shape index (κ1) is 19.2. The number of hydrogen-bond acceptors (Lipinski definition) is 5. The molecule has 0 saturated carbocycles. The van der Waals surface area contributed by atoms with Gasteiger partial charge in [0.25, 0.3) is 0 Å². The van der Waals surface area contributed by atoms with Crippen LogP contribution in [0.1, 0.15) is 10.4 Å². The normalized spacial score (nSPS) is 10.3. The molecule has 1 aromatic heterocycles. The van der Waals surface area contributed by atoms with Crippen molar-refractivity contribution in [3.63, 3.8) is 0 Å². The molecule has 2 aromatic rings. The van der Waals surface area contributed by atoms with Crippen molar-refractivity contribution >= 4 is 29.0 Å². The van der Waals surface area contributed by atoms with Gasteiger partial charge in [-0.3, -0.25) is 0 Å². The number of benzene rings is 1. The highest BCUT2D eigenvalue weighted by Crippen LogP contribution is 2.39. The number of urea groups is 1. The molecule has 0 unspecified atom stereocenters. The first-order valence-electron chi connectivity index (χ1n) is 7.51.